The van der Waals surface area contributed by atoms with Crippen molar-refractivity contribution in [1.82, 2.24) is 14.7 Å². The molecule has 2 aromatic rings. The number of likely N-dealkylation sites (tertiary alicyclic amines) is 2. The van der Waals surface area contributed by atoms with Crippen LogP contribution in [0.2, 0.25) is 0 Å². The SMILES string of the molecule is CC(=O)N1CCC(CN2CCC(N(C)C(=O)N(C)c3cc(C(F)(F)F)cc(C(F)(F)F)c3)C(c3ccc(F)cc3)C2)CC1. The second-order valence-electron chi connectivity index (χ2n) is 11.4. The van der Waals surface area contributed by atoms with Crippen molar-refractivity contribution in [3.05, 3.63) is 65.0 Å². The molecular formula is C30H35F7N4O2. The van der Waals surface area contributed by atoms with E-state index in [2.05, 4.69) is 4.90 Å². The molecule has 2 fully saturated rings. The van der Waals surface area contributed by atoms with Gasteiger partial charge in [-0.05, 0) is 61.1 Å². The molecule has 2 saturated heterocycles. The van der Waals surface area contributed by atoms with Crippen LogP contribution in [0.4, 0.5) is 41.2 Å². The molecule has 0 aliphatic carbocycles. The Morgan fingerprint density at radius 2 is 1.42 bits per heavy atom. The molecule has 0 spiro atoms. The van der Waals surface area contributed by atoms with Crippen LogP contribution < -0.4 is 4.90 Å². The zero-order valence-corrected chi connectivity index (χ0v) is 24.2. The summed E-state index contributed by atoms with van der Waals surface area (Å²) < 4.78 is 94.4. The molecule has 0 aromatic heterocycles. The van der Waals surface area contributed by atoms with Gasteiger partial charge in [-0.15, -0.1) is 0 Å². The molecule has 2 heterocycles. The molecular weight excluding hydrogens is 581 g/mol. The molecule has 0 N–H and O–H groups in total. The number of anilines is 1. The van der Waals surface area contributed by atoms with Crippen molar-refractivity contribution < 1.29 is 40.3 Å². The van der Waals surface area contributed by atoms with Crippen molar-refractivity contribution in [2.45, 2.75) is 50.5 Å². The second kappa shape index (κ2) is 12.7. The van der Waals surface area contributed by atoms with Crippen LogP contribution in [0.15, 0.2) is 42.5 Å². The highest BCUT2D eigenvalue weighted by atomic mass is 19.4. The average Bonchev–Trinajstić information content (AvgIpc) is 2.95. The van der Waals surface area contributed by atoms with Crippen LogP contribution in [-0.2, 0) is 17.1 Å². The molecule has 236 valence electrons. The number of piperidine rings is 2. The van der Waals surface area contributed by atoms with Crippen molar-refractivity contribution in [2.75, 3.05) is 51.7 Å². The van der Waals surface area contributed by atoms with Crippen LogP contribution in [0.3, 0.4) is 0 Å². The number of urea groups is 1. The molecule has 2 aliphatic heterocycles. The Morgan fingerprint density at radius 1 is 0.860 bits per heavy atom. The summed E-state index contributed by atoms with van der Waals surface area (Å²) in [6.45, 7) is 4.83. The third-order valence-corrected chi connectivity index (χ3v) is 8.58. The van der Waals surface area contributed by atoms with Gasteiger partial charge in [0.2, 0.25) is 5.91 Å². The Balaban J connectivity index is 1.55. The van der Waals surface area contributed by atoms with Crippen molar-refractivity contribution in [1.29, 1.82) is 0 Å². The summed E-state index contributed by atoms with van der Waals surface area (Å²) in [5, 5.41) is 0. The van der Waals surface area contributed by atoms with Gasteiger partial charge in [0.15, 0.2) is 0 Å². The first-order chi connectivity index (χ1) is 20.0. The first-order valence-corrected chi connectivity index (χ1v) is 14.1. The minimum Gasteiger partial charge on any atom is -0.343 e. The van der Waals surface area contributed by atoms with Crippen molar-refractivity contribution in [3.8, 4) is 0 Å². The van der Waals surface area contributed by atoms with Crippen molar-refractivity contribution in [2.24, 2.45) is 5.92 Å². The van der Waals surface area contributed by atoms with Gasteiger partial charge >= 0.3 is 18.4 Å². The molecule has 2 aromatic carbocycles. The van der Waals surface area contributed by atoms with E-state index in [1.165, 1.54) is 24.1 Å². The number of likely N-dealkylation sites (N-methyl/N-ethyl adjacent to an activating group) is 1. The fourth-order valence-corrected chi connectivity index (χ4v) is 6.09. The number of carbonyl (C=O) groups excluding carboxylic acids is 2. The Morgan fingerprint density at radius 3 is 1.93 bits per heavy atom. The maximum absolute atomic E-state index is 13.8. The lowest BCUT2D eigenvalue weighted by Gasteiger charge is -2.45. The first-order valence-electron chi connectivity index (χ1n) is 14.1. The number of benzene rings is 2. The topological polar surface area (TPSA) is 47.1 Å². The Hall–Kier alpha value is -3.35. The predicted octanol–water partition coefficient (Wildman–Crippen LogP) is 6.47. The summed E-state index contributed by atoms with van der Waals surface area (Å²) in [4.78, 5) is 31.5. The second-order valence-corrected chi connectivity index (χ2v) is 11.4. The quantitative estimate of drug-likeness (QED) is 0.362. The van der Waals surface area contributed by atoms with E-state index in [4.69, 9.17) is 0 Å². The van der Waals surface area contributed by atoms with Gasteiger partial charge in [0.05, 0.1) is 11.1 Å². The third kappa shape index (κ3) is 7.79. The molecule has 0 bridgehead atoms. The maximum atomic E-state index is 13.8. The lowest BCUT2D eigenvalue weighted by Crippen LogP contribution is -2.54. The molecule has 2 atom stereocenters. The van der Waals surface area contributed by atoms with Gasteiger partial charge in [0.25, 0.3) is 0 Å². The molecule has 2 unspecified atom stereocenters. The number of hydrogen-bond acceptors (Lipinski definition) is 3. The summed E-state index contributed by atoms with van der Waals surface area (Å²) in [6, 6.07) is 5.75. The van der Waals surface area contributed by atoms with Crippen LogP contribution >= 0.6 is 0 Å². The Kier molecular flexibility index (Phi) is 9.63. The number of alkyl halides is 6. The maximum Gasteiger partial charge on any atom is 0.416 e. The standard InChI is InChI=1S/C30H35F7N4O2/c1-19(42)41-12-8-20(9-13-41)17-40-11-10-27(26(18-40)21-4-6-24(31)7-5-21)39(3)28(43)38(2)25-15-22(29(32,33)34)14-23(16-25)30(35,36)37/h4-7,14-16,20,26-27H,8-13,17-18H2,1-3H3. The van der Waals surface area contributed by atoms with E-state index in [0.29, 0.717) is 50.7 Å². The number of carbonyl (C=O) groups is 2. The van der Waals surface area contributed by atoms with Crippen LogP contribution in [-0.4, -0.2) is 79.5 Å². The first kappa shape index (κ1) is 32.6. The number of amides is 3. The fraction of sp³-hybridized carbons (Fsp3) is 0.533. The molecule has 2 aliphatic rings. The summed E-state index contributed by atoms with van der Waals surface area (Å²) in [7, 11) is 2.62. The van der Waals surface area contributed by atoms with Crippen molar-refractivity contribution >= 4 is 17.6 Å². The van der Waals surface area contributed by atoms with Gasteiger partial charge in [-0.1, -0.05) is 12.1 Å². The molecule has 6 nitrogen and oxygen atoms in total. The normalized spacial score (nSPS) is 20.7. The predicted molar refractivity (Wildman–Crippen MR) is 147 cm³/mol. The summed E-state index contributed by atoms with van der Waals surface area (Å²) in [6.07, 6.45) is -7.88. The van der Waals surface area contributed by atoms with Gasteiger partial charge in [0.1, 0.15) is 5.82 Å². The molecule has 13 heteroatoms. The van der Waals surface area contributed by atoms with E-state index in [1.807, 2.05) is 4.90 Å². The Labute approximate surface area is 246 Å². The molecule has 43 heavy (non-hydrogen) atoms. The van der Waals surface area contributed by atoms with Crippen LogP contribution in [0.5, 0.6) is 0 Å². The number of rotatable bonds is 5. The van der Waals surface area contributed by atoms with Gasteiger partial charge < -0.3 is 14.7 Å². The van der Waals surface area contributed by atoms with E-state index in [0.717, 1.165) is 36.9 Å². The summed E-state index contributed by atoms with van der Waals surface area (Å²) in [5.41, 5.74) is -2.78. The van der Waals surface area contributed by atoms with Gasteiger partial charge in [-0.3, -0.25) is 9.69 Å². The third-order valence-electron chi connectivity index (χ3n) is 8.58. The lowest BCUT2D eigenvalue weighted by atomic mass is 9.84. The monoisotopic (exact) mass is 616 g/mol. The minimum absolute atomic E-state index is 0.0236. The average molecular weight is 617 g/mol. The van der Waals surface area contributed by atoms with E-state index in [1.54, 1.807) is 19.1 Å². The van der Waals surface area contributed by atoms with E-state index >= 15 is 0 Å². The Bertz CT molecular complexity index is 1260. The summed E-state index contributed by atoms with van der Waals surface area (Å²) >= 11 is 0. The highest BCUT2D eigenvalue weighted by Crippen LogP contribution is 2.39. The highest BCUT2D eigenvalue weighted by Gasteiger charge is 2.40. The van der Waals surface area contributed by atoms with E-state index in [9.17, 15) is 40.3 Å². The van der Waals surface area contributed by atoms with Crippen LogP contribution in [0.25, 0.3) is 0 Å². The van der Waals surface area contributed by atoms with Crippen LogP contribution in [0.1, 0.15) is 48.8 Å². The van der Waals surface area contributed by atoms with Crippen molar-refractivity contribution in [3.63, 3.8) is 0 Å². The molecule has 0 radical (unpaired) electrons. The zero-order valence-electron chi connectivity index (χ0n) is 24.2. The summed E-state index contributed by atoms with van der Waals surface area (Å²) in [5.74, 6) is -0.302. The molecule has 3 amide bonds. The van der Waals surface area contributed by atoms with E-state index < -0.39 is 47.1 Å². The highest BCUT2D eigenvalue weighted by molar-refractivity contribution is 5.92. The molecule has 0 saturated carbocycles. The van der Waals surface area contributed by atoms with Gasteiger partial charge in [-0.25, -0.2) is 9.18 Å². The smallest absolute Gasteiger partial charge is 0.343 e. The lowest BCUT2D eigenvalue weighted by molar-refractivity contribution is -0.143. The molecule has 4 rings (SSSR count). The number of halogens is 7. The van der Waals surface area contributed by atoms with E-state index in [-0.39, 0.29) is 17.9 Å². The zero-order chi connectivity index (χ0) is 31.7. The van der Waals surface area contributed by atoms with Gasteiger partial charge in [-0.2, -0.15) is 26.3 Å². The minimum atomic E-state index is -5.05. The largest absolute Gasteiger partial charge is 0.416 e. The van der Waals surface area contributed by atoms with Gasteiger partial charge in [0, 0.05) is 71.4 Å². The number of nitrogens with zero attached hydrogens (tertiary/aromatic N) is 4. The fourth-order valence-electron chi connectivity index (χ4n) is 6.09. The van der Waals surface area contributed by atoms with Crippen LogP contribution in [0, 0.1) is 11.7 Å². The number of hydrogen-bond donors (Lipinski definition) is 0.